The van der Waals surface area contributed by atoms with Crippen molar-refractivity contribution in [1.29, 1.82) is 0 Å². The average Bonchev–Trinajstić information content (AvgIpc) is 2.92. The van der Waals surface area contributed by atoms with E-state index in [0.717, 1.165) is 37.9 Å². The molecule has 1 fully saturated rings. The zero-order chi connectivity index (χ0) is 14.9. The highest BCUT2D eigenvalue weighted by Gasteiger charge is 2.30. The van der Waals surface area contributed by atoms with Crippen molar-refractivity contribution < 1.29 is 8.42 Å². The summed E-state index contributed by atoms with van der Waals surface area (Å²) in [6, 6.07) is 5.44. The summed E-state index contributed by atoms with van der Waals surface area (Å²) >= 11 is 0. The van der Waals surface area contributed by atoms with Gasteiger partial charge in [0.2, 0.25) is 10.0 Å². The van der Waals surface area contributed by atoms with Crippen LogP contribution in [-0.2, 0) is 16.4 Å². The maximum Gasteiger partial charge on any atom is 0.240 e. The Labute approximate surface area is 127 Å². The van der Waals surface area contributed by atoms with Gasteiger partial charge in [-0.2, -0.15) is 0 Å². The van der Waals surface area contributed by atoms with E-state index >= 15 is 0 Å². The zero-order valence-corrected chi connectivity index (χ0v) is 13.4. The average molecular weight is 308 g/mol. The molecule has 0 amide bonds. The van der Waals surface area contributed by atoms with Gasteiger partial charge in [0.15, 0.2) is 0 Å². The molecular formula is C16H24N2O2S. The molecule has 3 rings (SSSR count). The number of rotatable bonds is 4. The molecule has 0 spiro atoms. The van der Waals surface area contributed by atoms with Gasteiger partial charge in [-0.1, -0.05) is 25.8 Å². The van der Waals surface area contributed by atoms with E-state index in [9.17, 15) is 8.42 Å². The maximum atomic E-state index is 12.5. The highest BCUT2D eigenvalue weighted by molar-refractivity contribution is 7.89. The molecule has 1 aromatic rings. The van der Waals surface area contributed by atoms with Crippen molar-refractivity contribution in [2.45, 2.75) is 50.3 Å². The van der Waals surface area contributed by atoms with E-state index in [-0.39, 0.29) is 5.41 Å². The van der Waals surface area contributed by atoms with E-state index in [2.05, 4.69) is 17.0 Å². The number of anilines is 1. The van der Waals surface area contributed by atoms with Crippen molar-refractivity contribution in [3.05, 3.63) is 23.8 Å². The molecule has 1 aliphatic heterocycles. The lowest BCUT2D eigenvalue weighted by molar-refractivity contribution is 0.336. The highest BCUT2D eigenvalue weighted by atomic mass is 32.2. The fourth-order valence-electron chi connectivity index (χ4n) is 3.37. The van der Waals surface area contributed by atoms with Crippen LogP contribution in [0.1, 0.15) is 44.6 Å². The molecule has 0 atom stereocenters. The quantitative estimate of drug-likeness (QED) is 0.899. The van der Waals surface area contributed by atoms with Gasteiger partial charge in [-0.25, -0.2) is 13.1 Å². The van der Waals surface area contributed by atoms with Crippen molar-refractivity contribution in [1.82, 2.24) is 4.72 Å². The standard InChI is InChI=1S/C16H24N2O2S/c1-16(8-2-3-9-16)12-18-21(19,20)14-7-6-13-5-4-10-17-15(13)11-14/h6-7,11,17-18H,2-5,8-10,12H2,1H3. The van der Waals surface area contributed by atoms with Crippen molar-refractivity contribution in [3.8, 4) is 0 Å². The summed E-state index contributed by atoms with van der Waals surface area (Å²) in [7, 11) is -3.41. The van der Waals surface area contributed by atoms with Gasteiger partial charge in [-0.05, 0) is 48.8 Å². The summed E-state index contributed by atoms with van der Waals surface area (Å²) in [5.74, 6) is 0. The Kier molecular flexibility index (Phi) is 3.97. The molecule has 116 valence electrons. The molecular weight excluding hydrogens is 284 g/mol. The topological polar surface area (TPSA) is 58.2 Å². The molecule has 1 aliphatic carbocycles. The van der Waals surface area contributed by atoms with E-state index in [1.807, 2.05) is 6.07 Å². The van der Waals surface area contributed by atoms with Gasteiger partial charge in [0.1, 0.15) is 0 Å². The first-order valence-electron chi connectivity index (χ1n) is 7.85. The van der Waals surface area contributed by atoms with Crippen molar-refractivity contribution in [2.24, 2.45) is 5.41 Å². The molecule has 5 heteroatoms. The molecule has 0 unspecified atom stereocenters. The second-order valence-corrected chi connectivity index (χ2v) is 8.46. The summed E-state index contributed by atoms with van der Waals surface area (Å²) in [6.45, 7) is 3.64. The molecule has 21 heavy (non-hydrogen) atoms. The minimum Gasteiger partial charge on any atom is -0.385 e. The van der Waals surface area contributed by atoms with Gasteiger partial charge in [0, 0.05) is 18.8 Å². The van der Waals surface area contributed by atoms with Crippen molar-refractivity contribution in [2.75, 3.05) is 18.4 Å². The number of hydrogen-bond donors (Lipinski definition) is 2. The lowest BCUT2D eigenvalue weighted by Crippen LogP contribution is -2.34. The van der Waals surface area contributed by atoms with Gasteiger partial charge in [0.25, 0.3) is 0 Å². The molecule has 0 aromatic heterocycles. The highest BCUT2D eigenvalue weighted by Crippen LogP contribution is 2.37. The van der Waals surface area contributed by atoms with Crippen LogP contribution < -0.4 is 10.0 Å². The van der Waals surface area contributed by atoms with Crippen LogP contribution in [0.5, 0.6) is 0 Å². The van der Waals surface area contributed by atoms with Gasteiger partial charge >= 0.3 is 0 Å². The molecule has 1 heterocycles. The largest absolute Gasteiger partial charge is 0.385 e. The van der Waals surface area contributed by atoms with E-state index in [4.69, 9.17) is 0 Å². The first-order valence-corrected chi connectivity index (χ1v) is 9.33. The Bertz CT molecular complexity index is 619. The number of sulfonamides is 1. The van der Waals surface area contributed by atoms with Crippen molar-refractivity contribution in [3.63, 3.8) is 0 Å². The third-order valence-electron chi connectivity index (χ3n) is 4.83. The first-order chi connectivity index (χ1) is 9.99. The Hall–Kier alpha value is -1.07. The van der Waals surface area contributed by atoms with Gasteiger partial charge in [0.05, 0.1) is 4.90 Å². The molecule has 0 saturated heterocycles. The van der Waals surface area contributed by atoms with Crippen LogP contribution in [0.25, 0.3) is 0 Å². The van der Waals surface area contributed by atoms with E-state index < -0.39 is 10.0 Å². The fourth-order valence-corrected chi connectivity index (χ4v) is 4.59. The molecule has 2 aliphatic rings. The van der Waals surface area contributed by atoms with Gasteiger partial charge < -0.3 is 5.32 Å². The zero-order valence-electron chi connectivity index (χ0n) is 12.6. The van der Waals surface area contributed by atoms with Crippen LogP contribution in [0, 0.1) is 5.41 Å². The third kappa shape index (κ3) is 3.24. The van der Waals surface area contributed by atoms with Gasteiger partial charge in [-0.3, -0.25) is 0 Å². The third-order valence-corrected chi connectivity index (χ3v) is 6.23. The Morgan fingerprint density at radius 2 is 2.00 bits per heavy atom. The fraction of sp³-hybridized carbons (Fsp3) is 0.625. The predicted molar refractivity (Wildman–Crippen MR) is 85.0 cm³/mol. The van der Waals surface area contributed by atoms with E-state index in [1.54, 1.807) is 12.1 Å². The molecule has 0 bridgehead atoms. The smallest absolute Gasteiger partial charge is 0.240 e. The molecule has 4 nitrogen and oxygen atoms in total. The summed E-state index contributed by atoms with van der Waals surface area (Å²) < 4.78 is 27.8. The summed E-state index contributed by atoms with van der Waals surface area (Å²) in [6.07, 6.45) is 6.77. The van der Waals surface area contributed by atoms with Crippen LogP contribution in [0.4, 0.5) is 5.69 Å². The number of benzene rings is 1. The predicted octanol–water partition coefficient (Wildman–Crippen LogP) is 2.90. The SMILES string of the molecule is CC1(CNS(=O)(=O)c2ccc3c(c2)NCCC3)CCCC1. The second kappa shape index (κ2) is 5.61. The minimum atomic E-state index is -3.41. The molecule has 1 saturated carbocycles. The van der Waals surface area contributed by atoms with Crippen LogP contribution in [0.15, 0.2) is 23.1 Å². The first kappa shape index (κ1) is 14.9. The van der Waals surface area contributed by atoms with Crippen molar-refractivity contribution >= 4 is 15.7 Å². The number of nitrogens with one attached hydrogen (secondary N) is 2. The number of aryl methyl sites for hydroxylation is 1. The number of hydrogen-bond acceptors (Lipinski definition) is 3. The van der Waals surface area contributed by atoms with Crippen LogP contribution in [0.3, 0.4) is 0 Å². The summed E-state index contributed by atoms with van der Waals surface area (Å²) in [4.78, 5) is 0.372. The molecule has 1 aromatic carbocycles. The summed E-state index contributed by atoms with van der Waals surface area (Å²) in [5, 5.41) is 3.29. The van der Waals surface area contributed by atoms with Gasteiger partial charge in [-0.15, -0.1) is 0 Å². The lowest BCUT2D eigenvalue weighted by Gasteiger charge is -2.24. The van der Waals surface area contributed by atoms with Crippen LogP contribution in [-0.4, -0.2) is 21.5 Å². The monoisotopic (exact) mass is 308 g/mol. The summed E-state index contributed by atoms with van der Waals surface area (Å²) in [5.41, 5.74) is 2.30. The Morgan fingerprint density at radius 3 is 2.76 bits per heavy atom. The van der Waals surface area contributed by atoms with Crippen LogP contribution >= 0.6 is 0 Å². The second-order valence-electron chi connectivity index (χ2n) is 6.69. The minimum absolute atomic E-state index is 0.125. The van der Waals surface area contributed by atoms with E-state index in [1.165, 1.54) is 18.4 Å². The lowest BCUT2D eigenvalue weighted by atomic mass is 9.89. The normalized spacial score (nSPS) is 20.8. The Morgan fingerprint density at radius 1 is 1.24 bits per heavy atom. The van der Waals surface area contributed by atoms with Crippen LogP contribution in [0.2, 0.25) is 0 Å². The van der Waals surface area contributed by atoms with E-state index in [0.29, 0.717) is 11.4 Å². The maximum absolute atomic E-state index is 12.5. The number of fused-ring (bicyclic) bond motifs is 1. The molecule has 2 N–H and O–H groups in total. The molecule has 0 radical (unpaired) electrons. The Balaban J connectivity index is 1.75.